The predicted molar refractivity (Wildman–Crippen MR) is 63.8 cm³/mol. The van der Waals surface area contributed by atoms with Gasteiger partial charge in [0.2, 0.25) is 0 Å². The molecular weight excluding hydrogens is 395 g/mol. The van der Waals surface area contributed by atoms with Gasteiger partial charge in [0.1, 0.15) is 5.56 Å². The van der Waals surface area contributed by atoms with E-state index in [4.69, 9.17) is 10.7 Å². The zero-order chi connectivity index (χ0) is 13.4. The van der Waals surface area contributed by atoms with Crippen LogP contribution in [-0.4, -0.2) is 13.3 Å². The zero-order valence-corrected chi connectivity index (χ0v) is 11.5. The van der Waals surface area contributed by atoms with Gasteiger partial charge in [-0.05, 0) is 28.7 Å². The molecule has 0 aromatic heterocycles. The smallest absolute Gasteiger partial charge is 0.258 e. The summed E-state index contributed by atoms with van der Waals surface area (Å²) in [6.07, 6.45) is -3.31. The summed E-state index contributed by atoms with van der Waals surface area (Å²) in [5.41, 5.74) is -2.16. The first-order valence-electron chi connectivity index (χ1n) is 3.85. The van der Waals surface area contributed by atoms with Gasteiger partial charge in [0, 0.05) is 20.3 Å². The van der Waals surface area contributed by atoms with E-state index in [1.54, 1.807) is 22.6 Å². The van der Waals surface area contributed by atoms with Crippen LogP contribution in [0.1, 0.15) is 12.0 Å². The average Bonchev–Trinajstić information content (AvgIpc) is 2.14. The topological polar surface area (TPSA) is 77.3 Å². The minimum Gasteiger partial charge on any atom is -0.258 e. The summed E-state index contributed by atoms with van der Waals surface area (Å²) in [6, 6.07) is 1.71. The van der Waals surface area contributed by atoms with Gasteiger partial charge in [-0.1, -0.05) is 0 Å². The third kappa shape index (κ3) is 3.22. The lowest BCUT2D eigenvalue weighted by Gasteiger charge is -2.07. The number of hydrogen-bond acceptors (Lipinski definition) is 4. The van der Waals surface area contributed by atoms with Crippen molar-refractivity contribution in [3.8, 4) is 0 Å². The van der Waals surface area contributed by atoms with Gasteiger partial charge in [-0.3, -0.25) is 10.1 Å². The summed E-state index contributed by atoms with van der Waals surface area (Å²) in [6.45, 7) is 0. The molecular formula is C7H3ClF2INO4S. The maximum Gasteiger partial charge on any atom is 0.280 e. The molecule has 0 aliphatic heterocycles. The normalized spacial score (nSPS) is 11.8. The second-order valence-corrected chi connectivity index (χ2v) is 6.61. The highest BCUT2D eigenvalue weighted by Crippen LogP contribution is 2.37. The van der Waals surface area contributed by atoms with Crippen molar-refractivity contribution < 1.29 is 22.1 Å². The Kier molecular flexibility index (Phi) is 4.25. The molecule has 94 valence electrons. The fraction of sp³-hybridized carbons (Fsp3) is 0.143. The van der Waals surface area contributed by atoms with Gasteiger partial charge in [-0.15, -0.1) is 0 Å². The van der Waals surface area contributed by atoms with Crippen molar-refractivity contribution in [2.45, 2.75) is 11.3 Å². The van der Waals surface area contributed by atoms with Crippen LogP contribution in [0.15, 0.2) is 17.0 Å². The van der Waals surface area contributed by atoms with Crippen molar-refractivity contribution in [3.05, 3.63) is 31.4 Å². The van der Waals surface area contributed by atoms with E-state index in [-0.39, 0.29) is 3.57 Å². The summed E-state index contributed by atoms with van der Waals surface area (Å²) in [4.78, 5) is 8.58. The molecule has 17 heavy (non-hydrogen) atoms. The molecule has 1 aromatic carbocycles. The van der Waals surface area contributed by atoms with Crippen LogP contribution in [-0.2, 0) is 9.05 Å². The lowest BCUT2D eigenvalue weighted by atomic mass is 10.2. The lowest BCUT2D eigenvalue weighted by molar-refractivity contribution is -0.386. The first kappa shape index (κ1) is 14.5. The number of rotatable bonds is 3. The summed E-state index contributed by atoms with van der Waals surface area (Å²) < 4.78 is 47.7. The van der Waals surface area contributed by atoms with Gasteiger partial charge in [0.05, 0.1) is 9.82 Å². The van der Waals surface area contributed by atoms with Crippen LogP contribution in [0.25, 0.3) is 0 Å². The minimum absolute atomic E-state index is 0.123. The Balaban J connectivity index is 3.77. The Labute approximate surface area is 112 Å². The van der Waals surface area contributed by atoms with Gasteiger partial charge in [-0.25, -0.2) is 17.2 Å². The van der Waals surface area contributed by atoms with Crippen LogP contribution < -0.4 is 0 Å². The fourth-order valence-corrected chi connectivity index (χ4v) is 3.08. The third-order valence-electron chi connectivity index (χ3n) is 1.76. The molecule has 1 rings (SSSR count). The first-order valence-corrected chi connectivity index (χ1v) is 7.24. The molecule has 0 heterocycles. The Bertz CT molecular complexity index is 577. The minimum atomic E-state index is -4.47. The molecule has 0 saturated heterocycles. The van der Waals surface area contributed by atoms with E-state index in [1.165, 1.54) is 0 Å². The summed E-state index contributed by atoms with van der Waals surface area (Å²) >= 11 is 1.57. The molecule has 0 N–H and O–H groups in total. The highest BCUT2D eigenvalue weighted by molar-refractivity contribution is 14.1. The Morgan fingerprint density at radius 2 is 1.94 bits per heavy atom. The molecule has 0 aliphatic carbocycles. The number of halogens is 4. The van der Waals surface area contributed by atoms with E-state index >= 15 is 0 Å². The molecule has 10 heteroatoms. The van der Waals surface area contributed by atoms with Crippen molar-refractivity contribution in [2.75, 3.05) is 0 Å². The second kappa shape index (κ2) is 4.98. The van der Waals surface area contributed by atoms with Crippen molar-refractivity contribution in [1.82, 2.24) is 0 Å². The number of nitrogens with zero attached hydrogens (tertiary/aromatic N) is 1. The summed E-state index contributed by atoms with van der Waals surface area (Å²) in [5, 5.41) is 10.6. The molecule has 0 spiro atoms. The fourth-order valence-electron chi connectivity index (χ4n) is 1.15. The quantitative estimate of drug-likeness (QED) is 0.340. The second-order valence-electron chi connectivity index (χ2n) is 2.83. The van der Waals surface area contributed by atoms with E-state index in [2.05, 4.69) is 0 Å². The largest absolute Gasteiger partial charge is 0.280 e. The predicted octanol–water partition coefficient (Wildman–Crippen LogP) is 3.06. The Hall–Kier alpha value is -0.550. The molecule has 0 aliphatic rings. The van der Waals surface area contributed by atoms with Crippen LogP contribution in [0.4, 0.5) is 14.5 Å². The lowest BCUT2D eigenvalue weighted by Crippen LogP contribution is -2.04. The first-order chi connectivity index (χ1) is 7.64. The van der Waals surface area contributed by atoms with Gasteiger partial charge >= 0.3 is 0 Å². The highest BCUT2D eigenvalue weighted by atomic mass is 127. The number of hydrogen-bond donors (Lipinski definition) is 0. The maximum absolute atomic E-state index is 12.7. The Morgan fingerprint density at radius 3 is 2.29 bits per heavy atom. The van der Waals surface area contributed by atoms with Crippen molar-refractivity contribution in [1.29, 1.82) is 0 Å². The maximum atomic E-state index is 12.7. The van der Waals surface area contributed by atoms with Gasteiger partial charge in [0.15, 0.2) is 0 Å². The van der Waals surface area contributed by atoms with Crippen LogP contribution in [0.5, 0.6) is 0 Å². The van der Waals surface area contributed by atoms with Crippen LogP contribution in [0.2, 0.25) is 0 Å². The van der Waals surface area contributed by atoms with Crippen molar-refractivity contribution in [3.63, 3.8) is 0 Å². The standard InChI is InChI=1S/C7H3ClF2INO4S/c8-17(15,16)5-2-3(11)1-4(12(13)14)6(5)7(9)10/h1-2,7H. The summed E-state index contributed by atoms with van der Waals surface area (Å²) in [5.74, 6) is 0. The van der Waals surface area contributed by atoms with Gasteiger partial charge in [0.25, 0.3) is 21.2 Å². The average molecular weight is 398 g/mol. The van der Waals surface area contributed by atoms with Crippen molar-refractivity contribution >= 4 is 48.0 Å². The SMILES string of the molecule is O=[N+]([O-])c1cc(I)cc(S(=O)(=O)Cl)c1C(F)F. The van der Waals surface area contributed by atoms with E-state index < -0.39 is 36.5 Å². The molecule has 1 aromatic rings. The van der Waals surface area contributed by atoms with E-state index in [0.29, 0.717) is 0 Å². The molecule has 0 atom stereocenters. The van der Waals surface area contributed by atoms with Crippen LogP contribution in [0.3, 0.4) is 0 Å². The van der Waals surface area contributed by atoms with Crippen LogP contribution >= 0.6 is 33.3 Å². The number of nitro groups is 1. The number of alkyl halides is 2. The Morgan fingerprint density at radius 1 is 1.41 bits per heavy atom. The van der Waals surface area contributed by atoms with Gasteiger partial charge in [-0.2, -0.15) is 0 Å². The number of nitro benzene ring substituents is 1. The molecule has 0 saturated carbocycles. The molecule has 0 radical (unpaired) electrons. The van der Waals surface area contributed by atoms with E-state index in [1.807, 2.05) is 0 Å². The molecule has 5 nitrogen and oxygen atoms in total. The van der Waals surface area contributed by atoms with E-state index in [0.717, 1.165) is 12.1 Å². The highest BCUT2D eigenvalue weighted by Gasteiger charge is 2.31. The molecule has 0 amide bonds. The molecule has 0 bridgehead atoms. The van der Waals surface area contributed by atoms with Crippen molar-refractivity contribution in [2.24, 2.45) is 0 Å². The molecule has 0 unspecified atom stereocenters. The molecule has 0 fully saturated rings. The van der Waals surface area contributed by atoms with Crippen LogP contribution in [0, 0.1) is 13.7 Å². The third-order valence-corrected chi connectivity index (χ3v) is 3.75. The summed E-state index contributed by atoms with van der Waals surface area (Å²) in [7, 11) is 0.495. The number of benzene rings is 1. The van der Waals surface area contributed by atoms with E-state index in [9.17, 15) is 27.3 Å². The van der Waals surface area contributed by atoms with Gasteiger partial charge < -0.3 is 0 Å². The zero-order valence-electron chi connectivity index (χ0n) is 7.73. The monoisotopic (exact) mass is 397 g/mol.